The number of H-pyrrole nitrogens is 1. The minimum atomic E-state index is 0.911. The lowest BCUT2D eigenvalue weighted by Crippen LogP contribution is -1.82. The highest BCUT2D eigenvalue weighted by Gasteiger charge is 1.98. The fraction of sp³-hybridized carbons (Fsp3) is 0. The number of aromatic nitrogens is 2. The Labute approximate surface area is 134 Å². The van der Waals surface area contributed by atoms with Crippen LogP contribution in [0.4, 0.5) is 5.69 Å². The molecule has 3 nitrogen and oxygen atoms in total. The van der Waals surface area contributed by atoms with Crippen molar-refractivity contribution in [2.75, 3.05) is 0 Å². The number of hydrogen-bond acceptors (Lipinski definition) is 2. The Kier molecular flexibility index (Phi) is 3.45. The summed E-state index contributed by atoms with van der Waals surface area (Å²) in [6.07, 6.45) is 3.69. The maximum atomic E-state index is 4.54. The fourth-order valence-corrected chi connectivity index (χ4v) is 2.55. The molecule has 0 amide bonds. The van der Waals surface area contributed by atoms with Gasteiger partial charge in [-0.25, -0.2) is 0 Å². The minimum Gasteiger partial charge on any atom is -0.278 e. The number of aliphatic imine (C=N–C) groups is 1. The van der Waals surface area contributed by atoms with E-state index in [1.807, 2.05) is 36.7 Å². The van der Waals surface area contributed by atoms with Crippen molar-refractivity contribution >= 4 is 22.8 Å². The summed E-state index contributed by atoms with van der Waals surface area (Å²) in [5, 5.41) is 8.08. The van der Waals surface area contributed by atoms with Crippen molar-refractivity contribution in [2.24, 2.45) is 4.99 Å². The van der Waals surface area contributed by atoms with Gasteiger partial charge in [-0.15, -0.1) is 0 Å². The van der Waals surface area contributed by atoms with Crippen LogP contribution in [0.5, 0.6) is 0 Å². The Morgan fingerprint density at radius 2 is 1.61 bits per heavy atom. The van der Waals surface area contributed by atoms with Crippen LogP contribution < -0.4 is 0 Å². The summed E-state index contributed by atoms with van der Waals surface area (Å²) in [4.78, 5) is 4.54. The Bertz CT molecular complexity index is 951. The number of hydrogen-bond donors (Lipinski definition) is 1. The van der Waals surface area contributed by atoms with Gasteiger partial charge in [0.2, 0.25) is 0 Å². The standard InChI is InChI=1S/C20H15N3/c1-2-4-16(5-3-1)17-8-6-15(7-9-17)13-21-19-11-10-18-14-22-23-20(18)12-19/h1-14H,(H,22,23). The first-order valence-corrected chi connectivity index (χ1v) is 7.51. The first-order chi connectivity index (χ1) is 11.4. The lowest BCUT2D eigenvalue weighted by Gasteiger charge is -2.01. The molecule has 0 bridgehead atoms. The van der Waals surface area contributed by atoms with E-state index >= 15 is 0 Å². The van der Waals surface area contributed by atoms with E-state index in [9.17, 15) is 0 Å². The van der Waals surface area contributed by atoms with Gasteiger partial charge in [0.1, 0.15) is 0 Å². The molecule has 0 atom stereocenters. The normalized spacial score (nSPS) is 11.3. The second-order valence-corrected chi connectivity index (χ2v) is 5.39. The minimum absolute atomic E-state index is 0.911. The average molecular weight is 297 g/mol. The van der Waals surface area contributed by atoms with Gasteiger partial charge < -0.3 is 0 Å². The molecule has 23 heavy (non-hydrogen) atoms. The van der Waals surface area contributed by atoms with Gasteiger partial charge in [-0.05, 0) is 34.9 Å². The molecule has 110 valence electrons. The molecule has 3 aromatic carbocycles. The maximum absolute atomic E-state index is 4.54. The lowest BCUT2D eigenvalue weighted by atomic mass is 10.0. The van der Waals surface area contributed by atoms with Gasteiger partial charge in [0, 0.05) is 11.6 Å². The first kappa shape index (κ1) is 13.5. The van der Waals surface area contributed by atoms with Crippen LogP contribution in [-0.2, 0) is 0 Å². The third-order valence-electron chi connectivity index (χ3n) is 3.81. The van der Waals surface area contributed by atoms with E-state index in [4.69, 9.17) is 0 Å². The zero-order chi connectivity index (χ0) is 15.5. The molecule has 3 heteroatoms. The number of nitrogens with zero attached hydrogens (tertiary/aromatic N) is 2. The van der Waals surface area contributed by atoms with Crippen LogP contribution in [0.3, 0.4) is 0 Å². The predicted octanol–water partition coefficient (Wildman–Crippen LogP) is 4.98. The van der Waals surface area contributed by atoms with Gasteiger partial charge in [0.15, 0.2) is 0 Å². The van der Waals surface area contributed by atoms with Crippen molar-refractivity contribution in [3.8, 4) is 11.1 Å². The molecule has 0 fully saturated rings. The molecule has 0 radical (unpaired) electrons. The van der Waals surface area contributed by atoms with Gasteiger partial charge in [0.05, 0.1) is 17.4 Å². The highest BCUT2D eigenvalue weighted by Crippen LogP contribution is 2.20. The van der Waals surface area contributed by atoms with Crippen molar-refractivity contribution in [1.29, 1.82) is 0 Å². The van der Waals surface area contributed by atoms with Crippen molar-refractivity contribution in [3.63, 3.8) is 0 Å². The topological polar surface area (TPSA) is 41.0 Å². The second-order valence-electron chi connectivity index (χ2n) is 5.39. The molecule has 4 aromatic rings. The molecule has 0 unspecified atom stereocenters. The Balaban J connectivity index is 1.56. The van der Waals surface area contributed by atoms with Crippen LogP contribution in [0.15, 0.2) is 84.0 Å². The van der Waals surface area contributed by atoms with E-state index in [0.717, 1.165) is 22.2 Å². The van der Waals surface area contributed by atoms with E-state index in [-0.39, 0.29) is 0 Å². The van der Waals surface area contributed by atoms with Crippen molar-refractivity contribution in [2.45, 2.75) is 0 Å². The smallest absolute Gasteiger partial charge is 0.0671 e. The molecule has 0 aliphatic carbocycles. The van der Waals surface area contributed by atoms with Gasteiger partial charge in [0.25, 0.3) is 0 Å². The van der Waals surface area contributed by atoms with E-state index in [0.29, 0.717) is 0 Å². The third kappa shape index (κ3) is 2.90. The van der Waals surface area contributed by atoms with Gasteiger partial charge in [-0.3, -0.25) is 10.1 Å². The second kappa shape index (κ2) is 5.89. The van der Waals surface area contributed by atoms with Crippen LogP contribution in [0, 0.1) is 0 Å². The molecule has 4 rings (SSSR count). The summed E-state index contributed by atoms with van der Waals surface area (Å²) < 4.78 is 0. The van der Waals surface area contributed by atoms with Gasteiger partial charge in [-0.2, -0.15) is 5.10 Å². The monoisotopic (exact) mass is 297 g/mol. The van der Waals surface area contributed by atoms with Crippen LogP contribution in [0.1, 0.15) is 5.56 Å². The molecular formula is C20H15N3. The van der Waals surface area contributed by atoms with Crippen LogP contribution in [0.2, 0.25) is 0 Å². The van der Waals surface area contributed by atoms with E-state index < -0.39 is 0 Å². The SMILES string of the molecule is C(=Nc1ccc2cn[nH]c2c1)c1ccc(-c2ccccc2)cc1. The molecule has 1 N–H and O–H groups in total. The number of benzene rings is 3. The van der Waals surface area contributed by atoms with Crippen molar-refractivity contribution in [3.05, 3.63) is 84.6 Å². The Morgan fingerprint density at radius 3 is 2.43 bits per heavy atom. The number of aromatic amines is 1. The molecule has 1 heterocycles. The number of rotatable bonds is 3. The molecule has 0 saturated carbocycles. The van der Waals surface area contributed by atoms with Gasteiger partial charge >= 0.3 is 0 Å². The van der Waals surface area contributed by atoms with E-state index in [1.165, 1.54) is 11.1 Å². The molecule has 0 aliphatic heterocycles. The van der Waals surface area contributed by atoms with Crippen LogP contribution in [-0.4, -0.2) is 16.4 Å². The molecular weight excluding hydrogens is 282 g/mol. The molecule has 0 spiro atoms. The van der Waals surface area contributed by atoms with E-state index in [2.05, 4.69) is 63.7 Å². The molecule has 0 saturated heterocycles. The molecule has 0 aliphatic rings. The van der Waals surface area contributed by atoms with Crippen molar-refractivity contribution in [1.82, 2.24) is 10.2 Å². The Morgan fingerprint density at radius 1 is 0.826 bits per heavy atom. The highest BCUT2D eigenvalue weighted by atomic mass is 15.1. The zero-order valence-electron chi connectivity index (χ0n) is 12.5. The summed E-state index contributed by atoms with van der Waals surface area (Å²) in [5.41, 5.74) is 5.42. The highest BCUT2D eigenvalue weighted by molar-refractivity contribution is 5.86. The number of fused-ring (bicyclic) bond motifs is 1. The summed E-state index contributed by atoms with van der Waals surface area (Å²) in [5.74, 6) is 0. The largest absolute Gasteiger partial charge is 0.278 e. The van der Waals surface area contributed by atoms with Crippen LogP contribution >= 0.6 is 0 Å². The predicted molar refractivity (Wildman–Crippen MR) is 95.2 cm³/mol. The first-order valence-electron chi connectivity index (χ1n) is 7.51. The van der Waals surface area contributed by atoms with Crippen molar-refractivity contribution < 1.29 is 0 Å². The summed E-state index contributed by atoms with van der Waals surface area (Å²) in [6, 6.07) is 24.8. The molecule has 1 aromatic heterocycles. The maximum Gasteiger partial charge on any atom is 0.0671 e. The lowest BCUT2D eigenvalue weighted by molar-refractivity contribution is 1.12. The fourth-order valence-electron chi connectivity index (χ4n) is 2.55. The third-order valence-corrected chi connectivity index (χ3v) is 3.81. The summed E-state index contributed by atoms with van der Waals surface area (Å²) >= 11 is 0. The summed E-state index contributed by atoms with van der Waals surface area (Å²) in [6.45, 7) is 0. The number of nitrogens with one attached hydrogen (secondary N) is 1. The van der Waals surface area contributed by atoms with E-state index in [1.54, 1.807) is 0 Å². The average Bonchev–Trinajstić information content (AvgIpc) is 3.09. The zero-order valence-corrected chi connectivity index (χ0v) is 12.5. The van der Waals surface area contributed by atoms with Crippen LogP contribution in [0.25, 0.3) is 22.0 Å². The van der Waals surface area contributed by atoms with Gasteiger partial charge in [-0.1, -0.05) is 54.6 Å². The quantitative estimate of drug-likeness (QED) is 0.532. The Hall–Kier alpha value is -3.20. The summed E-state index contributed by atoms with van der Waals surface area (Å²) in [7, 11) is 0.